The van der Waals surface area contributed by atoms with Crippen molar-refractivity contribution in [3.63, 3.8) is 0 Å². The highest BCUT2D eigenvalue weighted by molar-refractivity contribution is 6.29. The molecule has 1 aromatic rings. The summed E-state index contributed by atoms with van der Waals surface area (Å²) in [5, 5.41) is 8.97. The molecule has 1 heterocycles. The van der Waals surface area contributed by atoms with Crippen molar-refractivity contribution in [1.29, 1.82) is 5.26 Å². The van der Waals surface area contributed by atoms with Crippen molar-refractivity contribution in [1.82, 2.24) is 9.97 Å². The molecule has 0 atom stereocenters. The van der Waals surface area contributed by atoms with Gasteiger partial charge in [-0.2, -0.15) is 5.26 Å². The Bertz CT molecular complexity index is 397. The van der Waals surface area contributed by atoms with E-state index >= 15 is 0 Å². The van der Waals surface area contributed by atoms with Crippen LogP contribution in [-0.2, 0) is 0 Å². The van der Waals surface area contributed by atoms with Gasteiger partial charge in [-0.3, -0.25) is 0 Å². The molecule has 0 unspecified atom stereocenters. The molecule has 0 aliphatic carbocycles. The van der Waals surface area contributed by atoms with Crippen LogP contribution in [0.25, 0.3) is 0 Å². The minimum absolute atomic E-state index is 0.238. The number of halogens is 1. The third-order valence-corrected chi connectivity index (χ3v) is 2.36. The maximum atomic E-state index is 8.52. The third-order valence-electron chi connectivity index (χ3n) is 2.17. The molecule has 0 N–H and O–H groups in total. The van der Waals surface area contributed by atoms with Gasteiger partial charge in [0.25, 0.3) is 0 Å². The Morgan fingerprint density at radius 2 is 2.19 bits per heavy atom. The summed E-state index contributed by atoms with van der Waals surface area (Å²) in [5.41, 5.74) is 0. The van der Waals surface area contributed by atoms with Gasteiger partial charge in [0.1, 0.15) is 16.8 Å². The monoisotopic (exact) mass is 238 g/mol. The molecule has 0 radical (unpaired) electrons. The second-order valence-corrected chi connectivity index (χ2v) is 4.28. The lowest BCUT2D eigenvalue weighted by Gasteiger charge is -2.17. The second-order valence-electron chi connectivity index (χ2n) is 3.89. The predicted octanol–water partition coefficient (Wildman–Crippen LogP) is 2.60. The summed E-state index contributed by atoms with van der Waals surface area (Å²) in [6, 6.07) is 3.82. The van der Waals surface area contributed by atoms with Gasteiger partial charge < -0.3 is 4.90 Å². The van der Waals surface area contributed by atoms with Gasteiger partial charge in [-0.05, 0) is 0 Å². The Morgan fingerprint density at radius 1 is 1.50 bits per heavy atom. The Balaban J connectivity index is 2.92. The zero-order valence-electron chi connectivity index (χ0n) is 9.74. The second kappa shape index (κ2) is 5.66. The van der Waals surface area contributed by atoms with Crippen molar-refractivity contribution in [2.75, 3.05) is 18.5 Å². The van der Waals surface area contributed by atoms with Crippen LogP contribution in [0.4, 0.5) is 5.82 Å². The number of nitrogens with zero attached hydrogens (tertiary/aromatic N) is 4. The molecule has 5 heteroatoms. The molecule has 0 saturated heterocycles. The summed E-state index contributed by atoms with van der Waals surface area (Å²) in [5.74, 6) is 1.73. The number of nitriles is 1. The summed E-state index contributed by atoms with van der Waals surface area (Å²) < 4.78 is 0. The van der Waals surface area contributed by atoms with Crippen LogP contribution in [0.1, 0.15) is 32.0 Å². The van der Waals surface area contributed by atoms with Gasteiger partial charge in [-0.1, -0.05) is 25.4 Å². The van der Waals surface area contributed by atoms with Crippen molar-refractivity contribution >= 4 is 17.4 Å². The Kier molecular flexibility index (Phi) is 4.51. The number of aromatic nitrogens is 2. The highest BCUT2D eigenvalue weighted by atomic mass is 35.5. The van der Waals surface area contributed by atoms with Crippen LogP contribution in [0.3, 0.4) is 0 Å². The molecule has 0 aliphatic rings. The van der Waals surface area contributed by atoms with Crippen molar-refractivity contribution in [3.8, 4) is 6.07 Å². The number of hydrogen-bond acceptors (Lipinski definition) is 4. The van der Waals surface area contributed by atoms with Crippen molar-refractivity contribution < 1.29 is 0 Å². The summed E-state index contributed by atoms with van der Waals surface area (Å²) in [4.78, 5) is 10.5. The van der Waals surface area contributed by atoms with E-state index in [9.17, 15) is 0 Å². The van der Waals surface area contributed by atoms with E-state index in [2.05, 4.69) is 16.0 Å². The average molecular weight is 239 g/mol. The molecule has 0 spiro atoms. The zero-order chi connectivity index (χ0) is 12.1. The van der Waals surface area contributed by atoms with E-state index in [1.54, 1.807) is 6.07 Å². The number of hydrogen-bond donors (Lipinski definition) is 0. The predicted molar refractivity (Wildman–Crippen MR) is 64.6 cm³/mol. The molecule has 0 fully saturated rings. The van der Waals surface area contributed by atoms with Gasteiger partial charge in [0.05, 0.1) is 12.5 Å². The average Bonchev–Trinajstić information content (AvgIpc) is 2.24. The SMILES string of the molecule is CC(C)c1nc(Cl)cc(N(C)CCC#N)n1. The van der Waals surface area contributed by atoms with E-state index in [-0.39, 0.29) is 5.92 Å². The minimum Gasteiger partial charge on any atom is -0.358 e. The minimum atomic E-state index is 0.238. The summed E-state index contributed by atoms with van der Waals surface area (Å²) in [6.07, 6.45) is 0.467. The third kappa shape index (κ3) is 3.35. The van der Waals surface area contributed by atoms with Crippen LogP contribution in [0.5, 0.6) is 0 Å². The van der Waals surface area contributed by atoms with Crippen LogP contribution in [0.15, 0.2) is 6.07 Å². The first kappa shape index (κ1) is 12.7. The maximum absolute atomic E-state index is 8.52. The highest BCUT2D eigenvalue weighted by Crippen LogP contribution is 2.19. The van der Waals surface area contributed by atoms with Gasteiger partial charge >= 0.3 is 0 Å². The molecule has 0 amide bonds. The molecule has 1 aromatic heterocycles. The van der Waals surface area contributed by atoms with E-state index in [4.69, 9.17) is 16.9 Å². The molecule has 86 valence electrons. The van der Waals surface area contributed by atoms with Crippen LogP contribution < -0.4 is 4.90 Å². The van der Waals surface area contributed by atoms with Gasteiger partial charge in [-0.15, -0.1) is 0 Å². The molecule has 0 saturated carbocycles. The summed E-state index contributed by atoms with van der Waals surface area (Å²) >= 11 is 5.93. The molecular weight excluding hydrogens is 224 g/mol. The lowest BCUT2D eigenvalue weighted by molar-refractivity contribution is 0.762. The van der Waals surface area contributed by atoms with Crippen LogP contribution in [-0.4, -0.2) is 23.6 Å². The smallest absolute Gasteiger partial charge is 0.135 e. The number of anilines is 1. The standard InChI is InChI=1S/C11H15ClN4/c1-8(2)11-14-9(12)7-10(15-11)16(3)6-4-5-13/h7-8H,4,6H2,1-3H3. The van der Waals surface area contributed by atoms with E-state index < -0.39 is 0 Å². The first-order valence-corrected chi connectivity index (χ1v) is 5.55. The topological polar surface area (TPSA) is 52.8 Å². The quantitative estimate of drug-likeness (QED) is 0.757. The summed E-state index contributed by atoms with van der Waals surface area (Å²) in [7, 11) is 1.89. The number of rotatable bonds is 4. The van der Waals surface area contributed by atoms with Gasteiger partial charge in [-0.25, -0.2) is 9.97 Å². The van der Waals surface area contributed by atoms with E-state index in [0.717, 1.165) is 11.6 Å². The largest absolute Gasteiger partial charge is 0.358 e. The molecule has 0 aromatic carbocycles. The molecule has 0 bridgehead atoms. The van der Waals surface area contributed by atoms with Gasteiger partial charge in [0.15, 0.2) is 0 Å². The Labute approximate surface area is 101 Å². The molecule has 4 nitrogen and oxygen atoms in total. The van der Waals surface area contributed by atoms with Crippen LogP contribution in [0, 0.1) is 11.3 Å². The fourth-order valence-corrected chi connectivity index (χ4v) is 1.39. The van der Waals surface area contributed by atoms with Gasteiger partial charge in [0, 0.05) is 25.6 Å². The lowest BCUT2D eigenvalue weighted by Crippen LogP contribution is -2.20. The maximum Gasteiger partial charge on any atom is 0.135 e. The van der Waals surface area contributed by atoms with E-state index in [0.29, 0.717) is 18.1 Å². The Morgan fingerprint density at radius 3 is 2.75 bits per heavy atom. The normalized spacial score (nSPS) is 10.2. The molecule has 16 heavy (non-hydrogen) atoms. The van der Waals surface area contributed by atoms with Crippen LogP contribution >= 0.6 is 11.6 Å². The van der Waals surface area contributed by atoms with Crippen LogP contribution in [0.2, 0.25) is 5.15 Å². The summed E-state index contributed by atoms with van der Waals surface area (Å²) in [6.45, 7) is 4.68. The Hall–Kier alpha value is -1.34. The fourth-order valence-electron chi connectivity index (χ4n) is 1.21. The zero-order valence-corrected chi connectivity index (χ0v) is 10.5. The first-order chi connectivity index (χ1) is 7.54. The highest BCUT2D eigenvalue weighted by Gasteiger charge is 2.09. The lowest BCUT2D eigenvalue weighted by atomic mass is 10.2. The molecular formula is C11H15ClN4. The van der Waals surface area contributed by atoms with Crippen molar-refractivity contribution in [2.45, 2.75) is 26.2 Å². The fraction of sp³-hybridized carbons (Fsp3) is 0.545. The van der Waals surface area contributed by atoms with E-state index in [1.165, 1.54) is 0 Å². The molecule has 1 rings (SSSR count). The first-order valence-electron chi connectivity index (χ1n) is 5.17. The van der Waals surface area contributed by atoms with Gasteiger partial charge in [0.2, 0.25) is 0 Å². The van der Waals surface area contributed by atoms with Crippen molar-refractivity contribution in [2.24, 2.45) is 0 Å². The molecule has 0 aliphatic heterocycles. The van der Waals surface area contributed by atoms with Crippen molar-refractivity contribution in [3.05, 3.63) is 17.0 Å². The van der Waals surface area contributed by atoms with E-state index in [1.807, 2.05) is 25.8 Å².